The van der Waals surface area contributed by atoms with Gasteiger partial charge in [-0.15, -0.1) is 5.10 Å². The largest absolute Gasteiger partial charge is 0.494 e. The highest BCUT2D eigenvalue weighted by molar-refractivity contribution is 5.80. The van der Waals surface area contributed by atoms with E-state index >= 15 is 0 Å². The summed E-state index contributed by atoms with van der Waals surface area (Å²) < 4.78 is 25.2. The number of aromatic amines is 1. The molecule has 0 radical (unpaired) electrons. The molecule has 206 valence electrons. The van der Waals surface area contributed by atoms with Gasteiger partial charge in [0.1, 0.15) is 17.6 Å². The molecule has 39 heavy (non-hydrogen) atoms. The highest BCUT2D eigenvalue weighted by Gasteiger charge is 2.34. The van der Waals surface area contributed by atoms with Crippen LogP contribution in [-0.2, 0) is 22.6 Å². The van der Waals surface area contributed by atoms with Crippen LogP contribution >= 0.6 is 0 Å². The predicted molar refractivity (Wildman–Crippen MR) is 142 cm³/mol. The van der Waals surface area contributed by atoms with Crippen LogP contribution < -0.4 is 10.3 Å². The van der Waals surface area contributed by atoms with Crippen molar-refractivity contribution in [3.05, 3.63) is 70.2 Å². The summed E-state index contributed by atoms with van der Waals surface area (Å²) in [5.41, 5.74) is 1.09. The Morgan fingerprint density at radius 3 is 2.74 bits per heavy atom. The third-order valence-corrected chi connectivity index (χ3v) is 7.42. The van der Waals surface area contributed by atoms with Crippen LogP contribution in [0.1, 0.15) is 55.8 Å². The zero-order chi connectivity index (χ0) is 26.6. The van der Waals surface area contributed by atoms with Crippen LogP contribution in [0, 0.1) is 0 Å². The molecule has 5 heterocycles. The number of rotatable bonds is 11. The van der Waals surface area contributed by atoms with Crippen LogP contribution in [0.4, 0.5) is 0 Å². The van der Waals surface area contributed by atoms with E-state index in [1.54, 1.807) is 10.9 Å². The summed E-state index contributed by atoms with van der Waals surface area (Å²) >= 11 is 0. The van der Waals surface area contributed by atoms with Gasteiger partial charge in [0.25, 0.3) is 5.56 Å². The van der Waals surface area contributed by atoms with Crippen molar-refractivity contribution in [2.24, 2.45) is 0 Å². The Balaban J connectivity index is 1.47. The topological polar surface area (TPSA) is 121 Å². The number of benzene rings is 1. The van der Waals surface area contributed by atoms with E-state index in [0.717, 1.165) is 61.3 Å². The Hall–Kier alpha value is -3.54. The van der Waals surface area contributed by atoms with Crippen LogP contribution in [0.2, 0.25) is 0 Å². The van der Waals surface area contributed by atoms with E-state index in [2.05, 4.69) is 25.4 Å². The number of nitrogens with zero attached hydrogens (tertiary/aromatic N) is 5. The van der Waals surface area contributed by atoms with Crippen molar-refractivity contribution in [3.63, 3.8) is 0 Å². The molecule has 0 amide bonds. The fraction of sp³-hybridized carbons (Fsp3) is 0.500. The molecule has 3 aromatic heterocycles. The molecule has 0 unspecified atom stereocenters. The standard InChI is InChI=1S/C28H34N6O5/c1-2-36-20-9-10-25-19(14-20)15-24(28(35)29-25)26(27-30-31-32-34(27)18-23-8-5-13-39-23)33(16-21-6-3-11-37-21)17-22-7-4-12-38-22/h3,6,9-11,14-15,22-23,26H,2,4-5,7-8,12-13,16-18H2,1H3,(H,29,35)/t22-,23+,26-/m1/s1. The van der Waals surface area contributed by atoms with Crippen molar-refractivity contribution in [2.45, 2.75) is 63.9 Å². The first-order valence-electron chi connectivity index (χ1n) is 13.7. The normalized spacial score (nSPS) is 20.3. The van der Waals surface area contributed by atoms with Crippen LogP contribution in [0.15, 0.2) is 51.9 Å². The molecule has 2 saturated heterocycles. The minimum Gasteiger partial charge on any atom is -0.494 e. The number of ether oxygens (including phenoxy) is 3. The molecule has 0 saturated carbocycles. The minimum atomic E-state index is -0.556. The predicted octanol–water partition coefficient (Wildman–Crippen LogP) is 3.46. The second kappa shape index (κ2) is 11.7. The molecule has 1 N–H and O–H groups in total. The van der Waals surface area contributed by atoms with E-state index in [-0.39, 0.29) is 17.8 Å². The summed E-state index contributed by atoms with van der Waals surface area (Å²) in [5, 5.41) is 13.7. The van der Waals surface area contributed by atoms with Gasteiger partial charge >= 0.3 is 0 Å². The van der Waals surface area contributed by atoms with E-state index in [9.17, 15) is 4.79 Å². The third kappa shape index (κ3) is 5.75. The van der Waals surface area contributed by atoms with Crippen molar-refractivity contribution >= 4 is 10.9 Å². The first-order valence-corrected chi connectivity index (χ1v) is 13.7. The smallest absolute Gasteiger partial charge is 0.253 e. The third-order valence-electron chi connectivity index (χ3n) is 7.42. The van der Waals surface area contributed by atoms with Gasteiger partial charge in [0.05, 0.1) is 38.2 Å². The number of hydrogen-bond acceptors (Lipinski definition) is 9. The molecular formula is C28H34N6O5. The van der Waals surface area contributed by atoms with Gasteiger partial charge in [-0.05, 0) is 79.4 Å². The lowest BCUT2D eigenvalue weighted by atomic mass is 10.0. The van der Waals surface area contributed by atoms with Gasteiger partial charge in [0, 0.05) is 36.2 Å². The molecule has 2 fully saturated rings. The number of H-pyrrole nitrogens is 1. The van der Waals surface area contributed by atoms with Gasteiger partial charge in [0.15, 0.2) is 5.82 Å². The fourth-order valence-corrected chi connectivity index (χ4v) is 5.59. The molecule has 6 rings (SSSR count). The maximum atomic E-state index is 13.7. The second-order valence-electron chi connectivity index (χ2n) is 10.1. The number of aromatic nitrogens is 5. The Labute approximate surface area is 226 Å². The molecule has 4 aromatic rings. The van der Waals surface area contributed by atoms with Crippen molar-refractivity contribution in [1.82, 2.24) is 30.1 Å². The molecule has 0 bridgehead atoms. The first kappa shape index (κ1) is 25.7. The van der Waals surface area contributed by atoms with Crippen molar-refractivity contribution in [2.75, 3.05) is 26.4 Å². The van der Waals surface area contributed by atoms with Crippen LogP contribution in [0.5, 0.6) is 5.75 Å². The van der Waals surface area contributed by atoms with Gasteiger partial charge in [-0.1, -0.05) is 0 Å². The summed E-state index contributed by atoms with van der Waals surface area (Å²) in [5.74, 6) is 2.11. The number of nitrogens with one attached hydrogen (secondary N) is 1. The molecule has 1 aromatic carbocycles. The summed E-state index contributed by atoms with van der Waals surface area (Å²) in [6, 6.07) is 10.9. The summed E-state index contributed by atoms with van der Waals surface area (Å²) in [6.45, 7) is 5.55. The lowest BCUT2D eigenvalue weighted by molar-refractivity contribution is 0.0528. The SMILES string of the molecule is CCOc1ccc2[nH]c(=O)c([C@H](c3nnnn3C[C@@H]3CCCO3)N(Cc3ccco3)C[C@H]3CCCO3)cc2c1. The van der Waals surface area contributed by atoms with Gasteiger partial charge < -0.3 is 23.6 Å². The molecule has 0 spiro atoms. The van der Waals surface area contributed by atoms with Gasteiger partial charge in [-0.2, -0.15) is 0 Å². The van der Waals surface area contributed by atoms with Gasteiger partial charge in [0.2, 0.25) is 0 Å². The molecule has 2 aliphatic rings. The Kier molecular flexibility index (Phi) is 7.71. The maximum Gasteiger partial charge on any atom is 0.253 e. The highest BCUT2D eigenvalue weighted by atomic mass is 16.5. The molecular weight excluding hydrogens is 500 g/mol. The number of hydrogen-bond donors (Lipinski definition) is 1. The lowest BCUT2D eigenvalue weighted by Gasteiger charge is -2.32. The van der Waals surface area contributed by atoms with E-state index < -0.39 is 6.04 Å². The van der Waals surface area contributed by atoms with Gasteiger partial charge in [-0.3, -0.25) is 9.69 Å². The zero-order valence-corrected chi connectivity index (χ0v) is 22.1. The van der Waals surface area contributed by atoms with E-state index in [0.29, 0.717) is 37.6 Å². The maximum absolute atomic E-state index is 13.7. The van der Waals surface area contributed by atoms with Crippen molar-refractivity contribution in [3.8, 4) is 5.75 Å². The van der Waals surface area contributed by atoms with Crippen LogP contribution in [-0.4, -0.2) is 68.7 Å². The highest BCUT2D eigenvalue weighted by Crippen LogP contribution is 2.31. The van der Waals surface area contributed by atoms with E-state index in [4.69, 9.17) is 18.6 Å². The Morgan fingerprint density at radius 2 is 2.00 bits per heavy atom. The first-order chi connectivity index (χ1) is 19.2. The van der Waals surface area contributed by atoms with Crippen molar-refractivity contribution < 1.29 is 18.6 Å². The zero-order valence-electron chi connectivity index (χ0n) is 22.1. The monoisotopic (exact) mass is 534 g/mol. The van der Waals surface area contributed by atoms with E-state index in [1.807, 2.05) is 43.3 Å². The quantitative estimate of drug-likeness (QED) is 0.308. The Bertz CT molecular complexity index is 1420. The number of furan rings is 1. The molecule has 0 aliphatic carbocycles. The summed E-state index contributed by atoms with van der Waals surface area (Å²) in [4.78, 5) is 19.0. The Morgan fingerprint density at radius 1 is 1.15 bits per heavy atom. The van der Waals surface area contributed by atoms with Crippen LogP contribution in [0.3, 0.4) is 0 Å². The summed E-state index contributed by atoms with van der Waals surface area (Å²) in [7, 11) is 0. The summed E-state index contributed by atoms with van der Waals surface area (Å²) in [6.07, 6.45) is 5.66. The fourth-order valence-electron chi connectivity index (χ4n) is 5.59. The van der Waals surface area contributed by atoms with E-state index in [1.165, 1.54) is 0 Å². The van der Waals surface area contributed by atoms with Crippen molar-refractivity contribution in [1.29, 1.82) is 0 Å². The van der Waals surface area contributed by atoms with Crippen LogP contribution in [0.25, 0.3) is 10.9 Å². The minimum absolute atomic E-state index is 0.0354. The number of fused-ring (bicyclic) bond motifs is 1. The number of pyridine rings is 1. The molecule has 2 aliphatic heterocycles. The average Bonchev–Trinajstić information content (AvgIpc) is 3.75. The number of tetrazole rings is 1. The average molecular weight is 535 g/mol. The molecule has 3 atom stereocenters. The molecule has 11 nitrogen and oxygen atoms in total. The van der Waals surface area contributed by atoms with Gasteiger partial charge in [-0.25, -0.2) is 4.68 Å². The molecule has 11 heteroatoms. The second-order valence-corrected chi connectivity index (χ2v) is 10.1. The lowest BCUT2D eigenvalue weighted by Crippen LogP contribution is -2.39.